The summed E-state index contributed by atoms with van der Waals surface area (Å²) < 4.78 is 3.15. The number of aromatic nitrogens is 2. The molecule has 2 rings (SSSR count). The molecular weight excluding hydrogens is 204 g/mol. The normalized spacial score (nSPS) is 25.4. The van der Waals surface area contributed by atoms with Gasteiger partial charge in [-0.2, -0.15) is 0 Å². The summed E-state index contributed by atoms with van der Waals surface area (Å²) in [6.07, 6.45) is 7.43. The second-order valence-corrected chi connectivity index (χ2v) is 5.79. The van der Waals surface area contributed by atoms with Gasteiger partial charge in [-0.3, -0.25) is 0 Å². The highest BCUT2D eigenvalue weighted by atomic mass is 32.1. The molecule has 0 spiro atoms. The molecular formula is C12H20N2S. The summed E-state index contributed by atoms with van der Waals surface area (Å²) in [6, 6.07) is 0.573. The molecule has 1 aromatic heterocycles. The number of nitrogens with zero attached hydrogens (tertiary/aromatic N) is 1. The highest BCUT2D eigenvalue weighted by molar-refractivity contribution is 7.71. The molecule has 1 saturated carbocycles. The van der Waals surface area contributed by atoms with Crippen LogP contribution in [0.15, 0.2) is 6.20 Å². The zero-order valence-corrected chi connectivity index (χ0v) is 10.7. The van der Waals surface area contributed by atoms with E-state index in [4.69, 9.17) is 12.2 Å². The van der Waals surface area contributed by atoms with Crippen LogP contribution in [0.1, 0.15) is 51.3 Å². The van der Waals surface area contributed by atoms with Gasteiger partial charge in [0.1, 0.15) is 0 Å². The van der Waals surface area contributed by atoms with Crippen LogP contribution >= 0.6 is 12.2 Å². The molecule has 0 aliphatic heterocycles. The lowest BCUT2D eigenvalue weighted by Crippen LogP contribution is -2.30. The van der Waals surface area contributed by atoms with E-state index in [1.807, 2.05) is 0 Å². The lowest BCUT2D eigenvalue weighted by atomic mass is 9.73. The first-order valence-electron chi connectivity index (χ1n) is 5.78. The summed E-state index contributed by atoms with van der Waals surface area (Å²) in [7, 11) is 0. The molecule has 1 fully saturated rings. The fourth-order valence-corrected chi connectivity index (χ4v) is 3.10. The summed E-state index contributed by atoms with van der Waals surface area (Å²) in [6.45, 7) is 6.80. The van der Waals surface area contributed by atoms with Crippen molar-refractivity contribution in [1.82, 2.24) is 9.55 Å². The van der Waals surface area contributed by atoms with Gasteiger partial charge in [0.15, 0.2) is 4.77 Å². The minimum absolute atomic E-state index is 0.380. The van der Waals surface area contributed by atoms with Crippen molar-refractivity contribution < 1.29 is 0 Å². The summed E-state index contributed by atoms with van der Waals surface area (Å²) in [4.78, 5) is 3.22. The maximum Gasteiger partial charge on any atom is 0.177 e. The van der Waals surface area contributed by atoms with Gasteiger partial charge in [-0.05, 0) is 37.4 Å². The minimum Gasteiger partial charge on any atom is -0.335 e. The van der Waals surface area contributed by atoms with Crippen LogP contribution in [0.4, 0.5) is 0 Å². The lowest BCUT2D eigenvalue weighted by Gasteiger charge is -2.39. The predicted molar refractivity (Wildman–Crippen MR) is 65.6 cm³/mol. The third-order valence-corrected chi connectivity index (χ3v) is 3.97. The van der Waals surface area contributed by atoms with Gasteiger partial charge >= 0.3 is 0 Å². The predicted octanol–water partition coefficient (Wildman–Crippen LogP) is 4.00. The Labute approximate surface area is 96.7 Å². The molecule has 1 aromatic rings. The van der Waals surface area contributed by atoms with E-state index in [1.54, 1.807) is 0 Å². The fraction of sp³-hybridized carbons (Fsp3) is 0.750. The maximum atomic E-state index is 5.36. The highest BCUT2D eigenvalue weighted by Gasteiger charge is 2.33. The van der Waals surface area contributed by atoms with Crippen LogP contribution < -0.4 is 0 Å². The molecule has 1 unspecified atom stereocenters. The largest absolute Gasteiger partial charge is 0.335 e. The van der Waals surface area contributed by atoms with Gasteiger partial charge in [0.05, 0.1) is 0 Å². The van der Waals surface area contributed by atoms with Gasteiger partial charge in [0.25, 0.3) is 0 Å². The molecule has 0 amide bonds. The third kappa shape index (κ3) is 2.03. The first-order chi connectivity index (χ1) is 7.00. The minimum atomic E-state index is 0.380. The van der Waals surface area contributed by atoms with Crippen LogP contribution in [0.3, 0.4) is 0 Å². The van der Waals surface area contributed by atoms with Gasteiger partial charge in [-0.25, -0.2) is 0 Å². The Morgan fingerprint density at radius 1 is 1.47 bits per heavy atom. The first kappa shape index (κ1) is 10.9. The van der Waals surface area contributed by atoms with Crippen molar-refractivity contribution in [2.24, 2.45) is 5.41 Å². The molecule has 0 aromatic carbocycles. The quantitative estimate of drug-likeness (QED) is 0.715. The number of rotatable bonds is 1. The number of aryl methyl sites for hydroxylation is 1. The number of aromatic amines is 1. The fourth-order valence-electron chi connectivity index (χ4n) is 2.76. The van der Waals surface area contributed by atoms with Crippen LogP contribution in [0.5, 0.6) is 0 Å². The summed E-state index contributed by atoms with van der Waals surface area (Å²) in [5.41, 5.74) is 1.55. The van der Waals surface area contributed by atoms with Crippen LogP contribution in [-0.4, -0.2) is 9.55 Å². The molecule has 1 aliphatic carbocycles. The van der Waals surface area contributed by atoms with E-state index in [0.717, 1.165) is 4.77 Å². The van der Waals surface area contributed by atoms with E-state index < -0.39 is 0 Å². The number of hydrogen-bond donors (Lipinski definition) is 1. The van der Waals surface area contributed by atoms with Gasteiger partial charge in [0.2, 0.25) is 0 Å². The SMILES string of the molecule is Cc1cn(C2CCCCC2(C)C)c(=S)[nH]1. The molecule has 1 aliphatic rings. The first-order valence-corrected chi connectivity index (χ1v) is 6.19. The summed E-state index contributed by atoms with van der Waals surface area (Å²) >= 11 is 5.36. The van der Waals surface area contributed by atoms with Crippen LogP contribution in [0.2, 0.25) is 0 Å². The zero-order chi connectivity index (χ0) is 11.1. The van der Waals surface area contributed by atoms with Crippen LogP contribution in [0, 0.1) is 17.1 Å². The Balaban J connectivity index is 2.37. The summed E-state index contributed by atoms with van der Waals surface area (Å²) in [5.74, 6) is 0. The monoisotopic (exact) mass is 224 g/mol. The van der Waals surface area contributed by atoms with Crippen molar-refractivity contribution in [3.05, 3.63) is 16.7 Å². The maximum absolute atomic E-state index is 5.36. The average Bonchev–Trinajstić information content (AvgIpc) is 2.44. The second-order valence-electron chi connectivity index (χ2n) is 5.40. The molecule has 0 bridgehead atoms. The Kier molecular flexibility index (Phi) is 2.75. The van der Waals surface area contributed by atoms with Gasteiger partial charge in [0, 0.05) is 17.9 Å². The molecule has 2 nitrogen and oxygen atoms in total. The molecule has 1 N–H and O–H groups in total. The zero-order valence-electron chi connectivity index (χ0n) is 9.84. The Hall–Kier alpha value is -0.570. The van der Waals surface area contributed by atoms with Crippen molar-refractivity contribution in [2.75, 3.05) is 0 Å². The molecule has 0 radical (unpaired) electrons. The topological polar surface area (TPSA) is 20.7 Å². The Bertz CT molecular complexity index is 400. The number of H-pyrrole nitrogens is 1. The summed E-state index contributed by atoms with van der Waals surface area (Å²) in [5, 5.41) is 0. The molecule has 15 heavy (non-hydrogen) atoms. The van der Waals surface area contributed by atoms with Gasteiger partial charge in [-0.15, -0.1) is 0 Å². The number of imidazole rings is 1. The Morgan fingerprint density at radius 3 is 2.73 bits per heavy atom. The lowest BCUT2D eigenvalue weighted by molar-refractivity contribution is 0.143. The standard InChI is InChI=1S/C12H20N2S/c1-9-8-14(11(15)13-9)10-6-4-5-7-12(10,2)3/h8,10H,4-7H2,1-3H3,(H,13,15). The third-order valence-electron chi connectivity index (χ3n) is 3.66. The molecule has 3 heteroatoms. The molecule has 0 saturated heterocycles. The van der Waals surface area contributed by atoms with Crippen molar-refractivity contribution in [2.45, 2.75) is 52.5 Å². The van der Waals surface area contributed by atoms with Crippen molar-refractivity contribution in [1.29, 1.82) is 0 Å². The van der Waals surface area contributed by atoms with E-state index in [-0.39, 0.29) is 0 Å². The van der Waals surface area contributed by atoms with E-state index in [9.17, 15) is 0 Å². The molecule has 1 atom stereocenters. The smallest absolute Gasteiger partial charge is 0.177 e. The van der Waals surface area contributed by atoms with E-state index >= 15 is 0 Å². The number of nitrogens with one attached hydrogen (secondary N) is 1. The van der Waals surface area contributed by atoms with Crippen molar-refractivity contribution in [3.63, 3.8) is 0 Å². The van der Waals surface area contributed by atoms with E-state index in [1.165, 1.54) is 31.4 Å². The average molecular weight is 224 g/mol. The Morgan fingerprint density at radius 2 is 2.20 bits per heavy atom. The highest BCUT2D eigenvalue weighted by Crippen LogP contribution is 2.43. The van der Waals surface area contributed by atoms with Gasteiger partial charge in [-0.1, -0.05) is 26.7 Å². The second kappa shape index (κ2) is 3.78. The van der Waals surface area contributed by atoms with E-state index in [0.29, 0.717) is 11.5 Å². The molecule has 84 valence electrons. The van der Waals surface area contributed by atoms with Crippen molar-refractivity contribution >= 4 is 12.2 Å². The van der Waals surface area contributed by atoms with Crippen LogP contribution in [-0.2, 0) is 0 Å². The van der Waals surface area contributed by atoms with Crippen molar-refractivity contribution in [3.8, 4) is 0 Å². The van der Waals surface area contributed by atoms with Gasteiger partial charge < -0.3 is 9.55 Å². The van der Waals surface area contributed by atoms with E-state index in [2.05, 4.69) is 36.5 Å². The molecule has 1 heterocycles. The van der Waals surface area contributed by atoms with Crippen LogP contribution in [0.25, 0.3) is 0 Å². The number of hydrogen-bond acceptors (Lipinski definition) is 1.